The topological polar surface area (TPSA) is 49.5 Å². The Bertz CT molecular complexity index is 178. The normalized spacial score (nSPS) is 17.4. The number of aliphatic hydroxyl groups excluding tert-OH is 1. The summed E-state index contributed by atoms with van der Waals surface area (Å²) in [6, 6.07) is 0.762. The van der Waals surface area contributed by atoms with E-state index >= 15 is 0 Å². The summed E-state index contributed by atoms with van der Waals surface area (Å²) >= 11 is 0. The lowest BCUT2D eigenvalue weighted by Crippen LogP contribution is -2.31. The first-order valence-electron chi connectivity index (χ1n) is 6.14. The summed E-state index contributed by atoms with van der Waals surface area (Å²) in [6.45, 7) is 7.45. The molecule has 0 heterocycles. The largest absolute Gasteiger partial charge is 0.395 e. The highest BCUT2D eigenvalue weighted by Gasteiger charge is 2.28. The maximum Gasteiger partial charge on any atom is 0.0558 e. The molecule has 0 bridgehead atoms. The summed E-state index contributed by atoms with van der Waals surface area (Å²) < 4.78 is 0. The van der Waals surface area contributed by atoms with E-state index in [-0.39, 0.29) is 12.0 Å². The molecule has 1 rings (SSSR count). The quantitative estimate of drug-likeness (QED) is 0.638. The van der Waals surface area contributed by atoms with Gasteiger partial charge in [0, 0.05) is 12.6 Å². The molecule has 0 aliphatic heterocycles. The van der Waals surface area contributed by atoms with E-state index in [2.05, 4.69) is 18.7 Å². The zero-order valence-corrected chi connectivity index (χ0v) is 10.2. The average molecular weight is 214 g/mol. The maximum atomic E-state index is 8.96. The Balaban J connectivity index is 2.16. The fourth-order valence-electron chi connectivity index (χ4n) is 1.91. The van der Waals surface area contributed by atoms with Crippen LogP contribution in [-0.2, 0) is 0 Å². The van der Waals surface area contributed by atoms with Gasteiger partial charge in [0.05, 0.1) is 6.61 Å². The van der Waals surface area contributed by atoms with Gasteiger partial charge in [-0.25, -0.2) is 0 Å². The van der Waals surface area contributed by atoms with Crippen molar-refractivity contribution in [2.45, 2.75) is 45.6 Å². The summed E-state index contributed by atoms with van der Waals surface area (Å²) in [6.07, 6.45) is 5.01. The van der Waals surface area contributed by atoms with Crippen molar-refractivity contribution in [2.24, 2.45) is 11.1 Å². The highest BCUT2D eigenvalue weighted by Crippen LogP contribution is 2.28. The summed E-state index contributed by atoms with van der Waals surface area (Å²) in [7, 11) is 0. The molecule has 0 aromatic rings. The van der Waals surface area contributed by atoms with E-state index in [0.29, 0.717) is 0 Å². The van der Waals surface area contributed by atoms with Gasteiger partial charge < -0.3 is 10.8 Å². The highest BCUT2D eigenvalue weighted by atomic mass is 16.3. The van der Waals surface area contributed by atoms with Crippen LogP contribution in [-0.4, -0.2) is 42.3 Å². The predicted molar refractivity (Wildman–Crippen MR) is 63.8 cm³/mol. The van der Waals surface area contributed by atoms with E-state index in [9.17, 15) is 0 Å². The van der Waals surface area contributed by atoms with Gasteiger partial charge in [0.15, 0.2) is 0 Å². The smallest absolute Gasteiger partial charge is 0.0558 e. The van der Waals surface area contributed by atoms with Gasteiger partial charge in [-0.15, -0.1) is 0 Å². The molecule has 1 saturated carbocycles. The summed E-state index contributed by atoms with van der Waals surface area (Å²) in [5.41, 5.74) is 5.97. The molecule has 3 heteroatoms. The molecule has 0 saturated heterocycles. The Hall–Kier alpha value is -0.120. The monoisotopic (exact) mass is 214 g/mol. The zero-order valence-electron chi connectivity index (χ0n) is 10.2. The molecule has 1 fully saturated rings. The molecule has 0 unspecified atom stereocenters. The van der Waals surface area contributed by atoms with E-state index in [1.165, 1.54) is 25.7 Å². The van der Waals surface area contributed by atoms with Crippen LogP contribution >= 0.6 is 0 Å². The molecule has 0 spiro atoms. The molecule has 0 amide bonds. The Kier molecular flexibility index (Phi) is 5.03. The lowest BCUT2D eigenvalue weighted by molar-refractivity contribution is 0.179. The molecule has 0 atom stereocenters. The number of hydrogen-bond donors (Lipinski definition) is 2. The summed E-state index contributed by atoms with van der Waals surface area (Å²) in [5, 5.41) is 8.96. The Morgan fingerprint density at radius 2 is 2.00 bits per heavy atom. The zero-order chi connectivity index (χ0) is 11.3. The van der Waals surface area contributed by atoms with Crippen LogP contribution in [0.3, 0.4) is 0 Å². The second-order valence-electron chi connectivity index (χ2n) is 5.46. The second-order valence-corrected chi connectivity index (χ2v) is 5.46. The van der Waals surface area contributed by atoms with E-state index in [0.717, 1.165) is 25.7 Å². The Morgan fingerprint density at radius 3 is 2.47 bits per heavy atom. The van der Waals surface area contributed by atoms with E-state index in [1.807, 2.05) is 0 Å². The molecule has 3 nitrogen and oxygen atoms in total. The third-order valence-corrected chi connectivity index (χ3v) is 3.30. The van der Waals surface area contributed by atoms with Crippen LogP contribution < -0.4 is 5.73 Å². The van der Waals surface area contributed by atoms with Gasteiger partial charge in [0.1, 0.15) is 0 Å². The van der Waals surface area contributed by atoms with Gasteiger partial charge in [0.25, 0.3) is 0 Å². The average Bonchev–Trinajstić information content (AvgIpc) is 3.00. The molecule has 1 aliphatic carbocycles. The predicted octanol–water partition coefficient (Wildman–Crippen LogP) is 1.21. The fraction of sp³-hybridized carbons (Fsp3) is 1.00. The first-order chi connectivity index (χ1) is 7.09. The standard InChI is InChI=1S/C12H26N2O/c1-12(2,10-13)6-3-7-14(8-9-15)11-4-5-11/h11,15H,3-10,13H2,1-2H3. The van der Waals surface area contributed by atoms with Gasteiger partial charge in [-0.2, -0.15) is 0 Å². The van der Waals surface area contributed by atoms with Crippen LogP contribution in [0, 0.1) is 5.41 Å². The van der Waals surface area contributed by atoms with Crippen molar-refractivity contribution in [3.63, 3.8) is 0 Å². The van der Waals surface area contributed by atoms with E-state index in [1.54, 1.807) is 0 Å². The molecule has 3 N–H and O–H groups in total. The minimum Gasteiger partial charge on any atom is -0.395 e. The van der Waals surface area contributed by atoms with Crippen LogP contribution in [0.2, 0.25) is 0 Å². The molecule has 0 radical (unpaired) electrons. The van der Waals surface area contributed by atoms with Gasteiger partial charge in [-0.1, -0.05) is 13.8 Å². The number of aliphatic hydroxyl groups is 1. The van der Waals surface area contributed by atoms with Gasteiger partial charge >= 0.3 is 0 Å². The van der Waals surface area contributed by atoms with Crippen LogP contribution in [0.15, 0.2) is 0 Å². The van der Waals surface area contributed by atoms with Gasteiger partial charge in [-0.3, -0.25) is 4.90 Å². The summed E-state index contributed by atoms with van der Waals surface area (Å²) in [5.74, 6) is 0. The maximum absolute atomic E-state index is 8.96. The summed E-state index contributed by atoms with van der Waals surface area (Å²) in [4.78, 5) is 2.42. The van der Waals surface area contributed by atoms with Crippen LogP contribution in [0.4, 0.5) is 0 Å². The number of nitrogens with zero attached hydrogens (tertiary/aromatic N) is 1. The third kappa shape index (κ3) is 4.96. The van der Waals surface area contributed by atoms with Crippen molar-refractivity contribution in [3.05, 3.63) is 0 Å². The minimum atomic E-state index is 0.272. The number of hydrogen-bond acceptors (Lipinski definition) is 3. The minimum absolute atomic E-state index is 0.272. The molecule has 1 aliphatic rings. The van der Waals surface area contributed by atoms with Crippen molar-refractivity contribution in [3.8, 4) is 0 Å². The van der Waals surface area contributed by atoms with Crippen molar-refractivity contribution >= 4 is 0 Å². The lowest BCUT2D eigenvalue weighted by atomic mass is 9.88. The Labute approximate surface area is 93.6 Å². The van der Waals surface area contributed by atoms with Gasteiger partial charge in [-0.05, 0) is 44.2 Å². The second kappa shape index (κ2) is 5.83. The number of nitrogens with two attached hydrogens (primary N) is 1. The molecule has 15 heavy (non-hydrogen) atoms. The Morgan fingerprint density at radius 1 is 1.33 bits per heavy atom. The van der Waals surface area contributed by atoms with Crippen molar-refractivity contribution in [1.82, 2.24) is 4.90 Å². The molecule has 90 valence electrons. The third-order valence-electron chi connectivity index (χ3n) is 3.30. The van der Waals surface area contributed by atoms with Crippen LogP contribution in [0.25, 0.3) is 0 Å². The first kappa shape index (κ1) is 12.9. The lowest BCUT2D eigenvalue weighted by Gasteiger charge is -2.25. The number of rotatable bonds is 8. The van der Waals surface area contributed by atoms with Gasteiger partial charge in [0.2, 0.25) is 0 Å². The highest BCUT2D eigenvalue weighted by molar-refractivity contribution is 4.84. The first-order valence-corrected chi connectivity index (χ1v) is 6.14. The SMILES string of the molecule is CC(C)(CN)CCCN(CCO)C1CC1. The fourth-order valence-corrected chi connectivity index (χ4v) is 1.91. The molecular weight excluding hydrogens is 188 g/mol. The van der Waals surface area contributed by atoms with Crippen LogP contribution in [0.1, 0.15) is 39.5 Å². The molecule has 0 aromatic heterocycles. The van der Waals surface area contributed by atoms with Crippen LogP contribution in [0.5, 0.6) is 0 Å². The molecule has 0 aromatic carbocycles. The van der Waals surface area contributed by atoms with E-state index < -0.39 is 0 Å². The van der Waals surface area contributed by atoms with E-state index in [4.69, 9.17) is 10.8 Å². The van der Waals surface area contributed by atoms with Crippen molar-refractivity contribution in [1.29, 1.82) is 0 Å². The van der Waals surface area contributed by atoms with Crippen molar-refractivity contribution in [2.75, 3.05) is 26.2 Å². The molecular formula is C12H26N2O. The van der Waals surface area contributed by atoms with Crippen molar-refractivity contribution < 1.29 is 5.11 Å².